The second kappa shape index (κ2) is 7.01. The van der Waals surface area contributed by atoms with E-state index < -0.39 is 0 Å². The summed E-state index contributed by atoms with van der Waals surface area (Å²) in [5.41, 5.74) is 1.05. The molecular weight excluding hydrogens is 268 g/mol. The molecule has 2 aromatic rings. The molecule has 0 unspecified atom stereocenters. The number of hydrogen-bond donors (Lipinski definition) is 1. The number of carbonyl (C=O) groups is 1. The number of aromatic nitrogens is 5. The van der Waals surface area contributed by atoms with E-state index in [9.17, 15) is 4.79 Å². The minimum atomic E-state index is -0.0912. The molecule has 21 heavy (non-hydrogen) atoms. The number of rotatable bonds is 7. The van der Waals surface area contributed by atoms with E-state index in [-0.39, 0.29) is 11.9 Å². The predicted octanol–water partition coefficient (Wildman–Crippen LogP) is 1.23. The van der Waals surface area contributed by atoms with E-state index in [2.05, 4.69) is 20.5 Å². The SMILES string of the molecule is CC[C@@H](NC(=O)CCc1ccnn1C)c1ncnn1CC. The second-order valence-corrected chi connectivity index (χ2v) is 4.91. The molecule has 1 N–H and O–H groups in total. The fourth-order valence-electron chi connectivity index (χ4n) is 2.29. The van der Waals surface area contributed by atoms with Gasteiger partial charge in [-0.25, -0.2) is 9.67 Å². The van der Waals surface area contributed by atoms with Crippen molar-refractivity contribution >= 4 is 5.91 Å². The van der Waals surface area contributed by atoms with Gasteiger partial charge in [0.1, 0.15) is 12.2 Å². The molecule has 0 bridgehead atoms. The third-order valence-electron chi connectivity index (χ3n) is 3.53. The first-order valence-electron chi connectivity index (χ1n) is 7.29. The molecule has 7 nitrogen and oxygen atoms in total. The highest BCUT2D eigenvalue weighted by Gasteiger charge is 2.18. The summed E-state index contributed by atoms with van der Waals surface area (Å²) in [7, 11) is 1.88. The van der Waals surface area contributed by atoms with Gasteiger partial charge in [0.25, 0.3) is 0 Å². The first-order chi connectivity index (χ1) is 10.2. The van der Waals surface area contributed by atoms with Crippen molar-refractivity contribution in [3.8, 4) is 0 Å². The van der Waals surface area contributed by atoms with E-state index in [1.165, 1.54) is 6.33 Å². The smallest absolute Gasteiger partial charge is 0.220 e. The van der Waals surface area contributed by atoms with Crippen LogP contribution < -0.4 is 5.32 Å². The number of nitrogens with zero attached hydrogens (tertiary/aromatic N) is 5. The van der Waals surface area contributed by atoms with Crippen molar-refractivity contribution in [2.75, 3.05) is 0 Å². The average Bonchev–Trinajstić information content (AvgIpc) is 3.11. The third kappa shape index (κ3) is 3.68. The van der Waals surface area contributed by atoms with Crippen LogP contribution in [0.2, 0.25) is 0 Å². The van der Waals surface area contributed by atoms with Crippen LogP contribution in [0.3, 0.4) is 0 Å². The van der Waals surface area contributed by atoms with Crippen molar-refractivity contribution in [2.45, 2.75) is 45.7 Å². The van der Waals surface area contributed by atoms with Gasteiger partial charge in [0.15, 0.2) is 0 Å². The minimum absolute atomic E-state index is 0.0219. The third-order valence-corrected chi connectivity index (χ3v) is 3.53. The Morgan fingerprint density at radius 3 is 2.81 bits per heavy atom. The number of nitrogens with one attached hydrogen (secondary N) is 1. The summed E-state index contributed by atoms with van der Waals surface area (Å²) < 4.78 is 3.61. The van der Waals surface area contributed by atoms with Crippen molar-refractivity contribution in [3.63, 3.8) is 0 Å². The summed E-state index contributed by atoms with van der Waals surface area (Å²) in [5.74, 6) is 0.836. The van der Waals surface area contributed by atoms with Gasteiger partial charge >= 0.3 is 0 Å². The zero-order chi connectivity index (χ0) is 15.2. The molecule has 0 saturated carbocycles. The summed E-state index contributed by atoms with van der Waals surface area (Å²) in [6.07, 6.45) is 5.18. The van der Waals surface area contributed by atoms with Gasteiger partial charge in [0, 0.05) is 31.9 Å². The lowest BCUT2D eigenvalue weighted by Gasteiger charge is -2.16. The lowest BCUT2D eigenvalue weighted by molar-refractivity contribution is -0.121. The van der Waals surface area contributed by atoms with E-state index in [4.69, 9.17) is 0 Å². The highest BCUT2D eigenvalue weighted by molar-refractivity contribution is 5.76. The lowest BCUT2D eigenvalue weighted by atomic mass is 10.1. The zero-order valence-corrected chi connectivity index (χ0v) is 12.8. The predicted molar refractivity (Wildman–Crippen MR) is 78.4 cm³/mol. The van der Waals surface area contributed by atoms with Crippen molar-refractivity contribution in [1.82, 2.24) is 29.9 Å². The Kier molecular flexibility index (Phi) is 5.08. The van der Waals surface area contributed by atoms with Crippen LogP contribution in [0.25, 0.3) is 0 Å². The standard InChI is InChI=1S/C14H22N6O/c1-4-12(14-15-10-17-20(14)5-2)18-13(21)7-6-11-8-9-16-19(11)3/h8-10,12H,4-7H2,1-3H3,(H,18,21)/t12-/m1/s1. The fraction of sp³-hybridized carbons (Fsp3) is 0.571. The number of carbonyl (C=O) groups excluding carboxylic acids is 1. The molecule has 0 aliphatic rings. The highest BCUT2D eigenvalue weighted by Crippen LogP contribution is 2.14. The summed E-state index contributed by atoms with van der Waals surface area (Å²) in [6.45, 7) is 4.78. The molecule has 0 saturated heterocycles. The van der Waals surface area contributed by atoms with Gasteiger partial charge in [-0.1, -0.05) is 6.92 Å². The van der Waals surface area contributed by atoms with E-state index >= 15 is 0 Å². The number of hydrogen-bond acceptors (Lipinski definition) is 4. The molecule has 1 atom stereocenters. The Morgan fingerprint density at radius 1 is 1.38 bits per heavy atom. The number of aryl methyl sites for hydroxylation is 3. The first-order valence-corrected chi connectivity index (χ1v) is 7.29. The maximum absolute atomic E-state index is 12.1. The molecule has 0 radical (unpaired) electrons. The van der Waals surface area contributed by atoms with Gasteiger partial charge in [-0.3, -0.25) is 9.48 Å². The fourth-order valence-corrected chi connectivity index (χ4v) is 2.29. The average molecular weight is 290 g/mol. The Hall–Kier alpha value is -2.18. The van der Waals surface area contributed by atoms with Crippen LogP contribution in [0.5, 0.6) is 0 Å². The first kappa shape index (κ1) is 15.2. The van der Waals surface area contributed by atoms with Gasteiger partial charge in [-0.05, 0) is 25.8 Å². The molecule has 0 spiro atoms. The van der Waals surface area contributed by atoms with Gasteiger partial charge in [-0.15, -0.1) is 0 Å². The Balaban J connectivity index is 1.92. The quantitative estimate of drug-likeness (QED) is 0.832. The zero-order valence-electron chi connectivity index (χ0n) is 12.8. The molecule has 7 heteroatoms. The Labute approximate surface area is 124 Å². The lowest BCUT2D eigenvalue weighted by Crippen LogP contribution is -2.30. The van der Waals surface area contributed by atoms with Gasteiger partial charge < -0.3 is 5.32 Å². The summed E-state index contributed by atoms with van der Waals surface area (Å²) in [6, 6.07) is 1.84. The molecule has 114 valence electrons. The molecule has 2 rings (SSSR count). The van der Waals surface area contributed by atoms with Gasteiger partial charge in [0.2, 0.25) is 5.91 Å². The van der Waals surface area contributed by atoms with Crippen LogP contribution >= 0.6 is 0 Å². The second-order valence-electron chi connectivity index (χ2n) is 4.91. The van der Waals surface area contributed by atoms with Crippen molar-refractivity contribution in [3.05, 3.63) is 30.1 Å². The van der Waals surface area contributed by atoms with E-state index in [1.807, 2.05) is 31.6 Å². The Bertz CT molecular complexity index is 588. The van der Waals surface area contributed by atoms with Crippen LogP contribution in [0.15, 0.2) is 18.6 Å². The molecule has 0 aliphatic heterocycles. The summed E-state index contributed by atoms with van der Waals surface area (Å²) >= 11 is 0. The minimum Gasteiger partial charge on any atom is -0.346 e. The molecule has 0 aliphatic carbocycles. The molecule has 2 aromatic heterocycles. The monoisotopic (exact) mass is 290 g/mol. The summed E-state index contributed by atoms with van der Waals surface area (Å²) in [4.78, 5) is 16.4. The summed E-state index contributed by atoms with van der Waals surface area (Å²) in [5, 5.41) is 11.3. The van der Waals surface area contributed by atoms with Crippen LogP contribution in [-0.4, -0.2) is 30.5 Å². The topological polar surface area (TPSA) is 77.6 Å². The molecular formula is C14H22N6O. The molecule has 2 heterocycles. The van der Waals surface area contributed by atoms with Gasteiger partial charge in [-0.2, -0.15) is 10.2 Å². The van der Waals surface area contributed by atoms with Crippen molar-refractivity contribution in [1.29, 1.82) is 0 Å². The number of amides is 1. The highest BCUT2D eigenvalue weighted by atomic mass is 16.1. The maximum atomic E-state index is 12.1. The van der Waals surface area contributed by atoms with Crippen LogP contribution in [0.4, 0.5) is 0 Å². The van der Waals surface area contributed by atoms with Crippen LogP contribution in [0.1, 0.15) is 44.2 Å². The van der Waals surface area contributed by atoms with E-state index in [0.29, 0.717) is 12.8 Å². The van der Waals surface area contributed by atoms with Gasteiger partial charge in [0.05, 0.1) is 6.04 Å². The maximum Gasteiger partial charge on any atom is 0.220 e. The van der Waals surface area contributed by atoms with E-state index in [1.54, 1.807) is 10.9 Å². The Morgan fingerprint density at radius 2 is 2.19 bits per heavy atom. The van der Waals surface area contributed by atoms with Crippen LogP contribution in [0, 0.1) is 0 Å². The van der Waals surface area contributed by atoms with Crippen molar-refractivity contribution in [2.24, 2.45) is 7.05 Å². The molecule has 0 aromatic carbocycles. The van der Waals surface area contributed by atoms with E-state index in [0.717, 1.165) is 24.5 Å². The molecule has 0 fully saturated rings. The van der Waals surface area contributed by atoms with Crippen LogP contribution in [-0.2, 0) is 24.8 Å². The van der Waals surface area contributed by atoms with Crippen molar-refractivity contribution < 1.29 is 4.79 Å². The normalized spacial score (nSPS) is 12.3. The molecule has 1 amide bonds. The largest absolute Gasteiger partial charge is 0.346 e.